The van der Waals surface area contributed by atoms with E-state index in [1.165, 1.54) is 36.4 Å². The van der Waals surface area contributed by atoms with Crippen LogP contribution in [0.15, 0.2) is 40.7 Å². The van der Waals surface area contributed by atoms with Crippen LogP contribution < -0.4 is 5.32 Å². The smallest absolute Gasteiger partial charge is 0.294 e. The fraction of sp³-hybridized carbons (Fsp3) is 0.188. The van der Waals surface area contributed by atoms with E-state index in [2.05, 4.69) is 5.32 Å². The molecule has 2 aliphatic rings. The summed E-state index contributed by atoms with van der Waals surface area (Å²) in [4.78, 5) is 37.2. The lowest BCUT2D eigenvalue weighted by Gasteiger charge is -2.15. The average molecular weight is 396 g/mol. The number of rotatable bonds is 4. The Hall–Kier alpha value is -2.30. The highest BCUT2D eigenvalue weighted by Crippen LogP contribution is 2.32. The van der Waals surface area contributed by atoms with Crippen LogP contribution in [0.2, 0.25) is 0 Å². The lowest BCUT2D eigenvalue weighted by molar-refractivity contribution is -0.129. The molecule has 3 rings (SSSR count). The number of nitrogens with zero attached hydrogens (tertiary/aromatic N) is 1. The van der Waals surface area contributed by atoms with Crippen LogP contribution in [0, 0.1) is 5.82 Å². The fourth-order valence-corrected chi connectivity index (χ4v) is 4.48. The molecule has 1 N–H and O–H groups in total. The molecule has 3 amide bonds. The first-order valence-electron chi connectivity index (χ1n) is 7.45. The molecular weight excluding hydrogens is 383 g/mol. The van der Waals surface area contributed by atoms with E-state index in [-0.39, 0.29) is 10.7 Å². The van der Waals surface area contributed by atoms with E-state index in [4.69, 9.17) is 0 Å². The first kappa shape index (κ1) is 18.5. The van der Waals surface area contributed by atoms with Gasteiger partial charge in [0, 0.05) is 0 Å². The second kappa shape index (κ2) is 7.14. The number of imide groups is 1. The number of carbonyl (C=O) groups is 3. The lowest BCUT2D eigenvalue weighted by atomic mass is 10.2. The largest absolute Gasteiger partial charge is 0.610 e. The van der Waals surface area contributed by atoms with Crippen LogP contribution in [0.4, 0.5) is 9.18 Å². The Morgan fingerprint density at radius 1 is 1.38 bits per heavy atom. The molecule has 0 saturated carbocycles. The molecule has 2 atom stereocenters. The summed E-state index contributed by atoms with van der Waals surface area (Å²) >= 11 is 0.680. The third-order valence-electron chi connectivity index (χ3n) is 3.62. The number of benzene rings is 1. The molecule has 0 spiro atoms. The van der Waals surface area contributed by atoms with Crippen molar-refractivity contribution in [1.82, 2.24) is 10.2 Å². The van der Waals surface area contributed by atoms with Crippen LogP contribution >= 0.6 is 11.8 Å². The second-order valence-electron chi connectivity index (χ2n) is 5.65. The summed E-state index contributed by atoms with van der Waals surface area (Å²) in [6.45, 7) is -0.504. The van der Waals surface area contributed by atoms with Gasteiger partial charge in [0.05, 0.1) is 21.2 Å². The van der Waals surface area contributed by atoms with Gasteiger partial charge in [0.25, 0.3) is 11.1 Å². The predicted molar refractivity (Wildman–Crippen MR) is 93.8 cm³/mol. The molecule has 0 aliphatic carbocycles. The van der Waals surface area contributed by atoms with Crippen molar-refractivity contribution in [2.75, 3.05) is 12.3 Å². The van der Waals surface area contributed by atoms with Gasteiger partial charge in [-0.2, -0.15) is 0 Å². The molecule has 1 fully saturated rings. The monoisotopic (exact) mass is 396 g/mol. The highest BCUT2D eigenvalue weighted by molar-refractivity contribution is 8.18. The second-order valence-corrected chi connectivity index (χ2v) is 8.58. The molecule has 0 bridgehead atoms. The zero-order valence-electron chi connectivity index (χ0n) is 13.2. The van der Waals surface area contributed by atoms with E-state index in [9.17, 15) is 27.5 Å². The van der Waals surface area contributed by atoms with Crippen molar-refractivity contribution in [2.24, 2.45) is 0 Å². The first-order valence-corrected chi connectivity index (χ1v) is 9.98. The minimum atomic E-state index is -3.32. The Morgan fingerprint density at radius 2 is 2.08 bits per heavy atom. The highest BCUT2D eigenvalue weighted by Gasteiger charge is 2.37. The van der Waals surface area contributed by atoms with Crippen molar-refractivity contribution in [2.45, 2.75) is 6.04 Å². The standard InChI is InChI=1S/C16H13FN2O5S2/c17-11-3-1-10(2-4-11)7-13-15(21)19(16(22)25-13)8-14(20)18-12-5-6-26(23,24)9-12/h1-7,12H,8-9H2,(H-,18,20,23,24)/b13-7+. The fourth-order valence-electron chi connectivity index (χ4n) is 2.41. The zero-order chi connectivity index (χ0) is 18.9. The summed E-state index contributed by atoms with van der Waals surface area (Å²) < 4.78 is 35.6. The molecule has 1 aromatic carbocycles. The van der Waals surface area contributed by atoms with E-state index < -0.39 is 45.7 Å². The summed E-state index contributed by atoms with van der Waals surface area (Å²) in [5.74, 6) is -1.93. The van der Waals surface area contributed by atoms with Crippen LogP contribution in [0.25, 0.3) is 6.08 Å². The van der Waals surface area contributed by atoms with Gasteiger partial charge >= 0.3 is 0 Å². The Bertz CT molecular complexity index is 881. The molecule has 0 aromatic heterocycles. The number of thioether (sulfide) groups is 1. The predicted octanol–water partition coefficient (Wildman–Crippen LogP) is 1.50. The number of halogens is 1. The third-order valence-corrected chi connectivity index (χ3v) is 5.92. The Morgan fingerprint density at radius 3 is 2.69 bits per heavy atom. The molecule has 136 valence electrons. The molecular formula is C16H13FN2O5S2. The molecule has 2 unspecified atom stereocenters. The molecule has 26 heavy (non-hydrogen) atoms. The third kappa shape index (κ3) is 4.26. The Balaban J connectivity index is 1.64. The topological polar surface area (TPSA) is 107 Å². The number of nitrogens with one attached hydrogen (secondary N) is 1. The summed E-state index contributed by atoms with van der Waals surface area (Å²) in [7, 11) is -3.32. The quantitative estimate of drug-likeness (QED) is 0.611. The van der Waals surface area contributed by atoms with E-state index in [0.717, 1.165) is 10.3 Å². The van der Waals surface area contributed by atoms with Gasteiger partial charge in [-0.15, -0.1) is 4.21 Å². The van der Waals surface area contributed by atoms with Gasteiger partial charge in [-0.1, -0.05) is 12.1 Å². The zero-order valence-corrected chi connectivity index (χ0v) is 14.8. The summed E-state index contributed by atoms with van der Waals surface area (Å²) in [5.41, 5.74) is 0.544. The molecule has 1 saturated heterocycles. The molecule has 0 radical (unpaired) electrons. The van der Waals surface area contributed by atoms with Gasteiger partial charge in [-0.3, -0.25) is 19.3 Å². The summed E-state index contributed by atoms with van der Waals surface area (Å²) in [6, 6.07) is 4.70. The van der Waals surface area contributed by atoms with Gasteiger partial charge in [0.1, 0.15) is 23.5 Å². The molecule has 10 heteroatoms. The maximum absolute atomic E-state index is 12.9. The van der Waals surface area contributed by atoms with Crippen molar-refractivity contribution in [3.63, 3.8) is 0 Å². The van der Waals surface area contributed by atoms with Crippen LogP contribution in [-0.2, 0) is 24.0 Å². The van der Waals surface area contributed by atoms with Gasteiger partial charge in [-0.05, 0) is 41.6 Å². The number of hydrogen-bond donors (Lipinski definition) is 1. The van der Waals surface area contributed by atoms with Crippen molar-refractivity contribution in [1.29, 1.82) is 0 Å². The minimum absolute atomic E-state index is 0.123. The minimum Gasteiger partial charge on any atom is -0.610 e. The first-order chi connectivity index (χ1) is 12.2. The SMILES string of the molecule is O=C(CN1C(=O)S/C(=C/c2ccc(F)cc2)C1=O)NC1C=C[S+](=O)([O-])C1. The van der Waals surface area contributed by atoms with Crippen LogP contribution in [0.1, 0.15) is 5.56 Å². The normalized spacial score (nSPS) is 26.8. The molecule has 2 aliphatic heterocycles. The molecule has 2 heterocycles. The number of carbonyl (C=O) groups excluding carboxylic acids is 3. The van der Waals surface area contributed by atoms with Gasteiger partial charge in [-0.25, -0.2) is 4.39 Å². The number of sulfone groups is 1. The van der Waals surface area contributed by atoms with E-state index in [0.29, 0.717) is 17.3 Å². The maximum atomic E-state index is 12.9. The van der Waals surface area contributed by atoms with E-state index in [1.54, 1.807) is 0 Å². The lowest BCUT2D eigenvalue weighted by Crippen LogP contribution is -2.44. The number of amides is 3. The summed E-state index contributed by atoms with van der Waals surface area (Å²) in [6.07, 6.45) is 2.78. The average Bonchev–Trinajstić information content (AvgIpc) is 3.03. The molecule has 7 nitrogen and oxygen atoms in total. The summed E-state index contributed by atoms with van der Waals surface area (Å²) in [5, 5.41) is 2.87. The highest BCUT2D eigenvalue weighted by atomic mass is 32.3. The maximum Gasteiger partial charge on any atom is 0.294 e. The van der Waals surface area contributed by atoms with Gasteiger partial charge in [0.15, 0.2) is 0 Å². The van der Waals surface area contributed by atoms with Crippen molar-refractivity contribution >= 4 is 45.1 Å². The van der Waals surface area contributed by atoms with Gasteiger partial charge < -0.3 is 9.87 Å². The van der Waals surface area contributed by atoms with E-state index in [1.807, 2.05) is 0 Å². The van der Waals surface area contributed by atoms with Crippen molar-refractivity contribution < 1.29 is 27.5 Å². The van der Waals surface area contributed by atoms with Crippen LogP contribution in [0.3, 0.4) is 0 Å². The van der Waals surface area contributed by atoms with Crippen LogP contribution in [0.5, 0.6) is 0 Å². The van der Waals surface area contributed by atoms with Crippen molar-refractivity contribution in [3.8, 4) is 0 Å². The van der Waals surface area contributed by atoms with Gasteiger partial charge in [0.2, 0.25) is 5.91 Å². The Kier molecular flexibility index (Phi) is 5.08. The van der Waals surface area contributed by atoms with E-state index >= 15 is 0 Å². The van der Waals surface area contributed by atoms with Crippen LogP contribution in [-0.4, -0.2) is 44.8 Å². The molecule has 1 aromatic rings. The number of hydrogen-bond acceptors (Lipinski definition) is 6. The van der Waals surface area contributed by atoms with Crippen molar-refractivity contribution in [3.05, 3.63) is 52.0 Å². The Labute approximate surface area is 153 Å².